The molecule has 0 aromatic rings. The molecule has 1 saturated heterocycles. The Morgan fingerprint density at radius 1 is 1.38 bits per heavy atom. The highest BCUT2D eigenvalue weighted by molar-refractivity contribution is 4.89. The molecule has 0 amide bonds. The van der Waals surface area contributed by atoms with Crippen LogP contribution in [0.1, 0.15) is 27.2 Å². The standard InChI is InChI=1S/C9H17F2NO/c1-8(2,3)12-5-7(13)4-9(10,11)6-12/h7,13H,4-6H2,1-3H3. The molecule has 0 radical (unpaired) electrons. The summed E-state index contributed by atoms with van der Waals surface area (Å²) in [5, 5.41) is 9.26. The second-order valence-corrected chi connectivity index (χ2v) is 4.77. The smallest absolute Gasteiger partial charge is 0.263 e. The average molecular weight is 193 g/mol. The summed E-state index contributed by atoms with van der Waals surface area (Å²) in [6, 6.07) is 0. The van der Waals surface area contributed by atoms with Crippen molar-refractivity contribution in [3.8, 4) is 0 Å². The van der Waals surface area contributed by atoms with Crippen molar-refractivity contribution in [1.82, 2.24) is 4.90 Å². The summed E-state index contributed by atoms with van der Waals surface area (Å²) in [6.07, 6.45) is -1.30. The van der Waals surface area contributed by atoms with Gasteiger partial charge >= 0.3 is 0 Å². The highest BCUT2D eigenvalue weighted by Gasteiger charge is 2.42. The number of β-amino-alcohol motifs (C(OH)–C–C–N with tert-alkyl or cyclic N) is 1. The van der Waals surface area contributed by atoms with Gasteiger partial charge in [-0.05, 0) is 20.8 Å². The normalized spacial score (nSPS) is 30.5. The van der Waals surface area contributed by atoms with Gasteiger partial charge in [0.1, 0.15) is 0 Å². The van der Waals surface area contributed by atoms with Crippen LogP contribution in [0.25, 0.3) is 0 Å². The third kappa shape index (κ3) is 2.88. The summed E-state index contributed by atoms with van der Waals surface area (Å²) in [6.45, 7) is 5.73. The maximum atomic E-state index is 13.0. The zero-order valence-electron chi connectivity index (χ0n) is 8.35. The first kappa shape index (κ1) is 10.9. The van der Waals surface area contributed by atoms with Gasteiger partial charge in [-0.1, -0.05) is 0 Å². The van der Waals surface area contributed by atoms with Crippen LogP contribution in [-0.2, 0) is 0 Å². The molecule has 1 rings (SSSR count). The monoisotopic (exact) mass is 193 g/mol. The number of hydrogen-bond acceptors (Lipinski definition) is 2. The zero-order valence-corrected chi connectivity index (χ0v) is 8.35. The maximum absolute atomic E-state index is 13.0. The minimum absolute atomic E-state index is 0.243. The van der Waals surface area contributed by atoms with Crippen molar-refractivity contribution in [2.24, 2.45) is 0 Å². The summed E-state index contributed by atoms with van der Waals surface area (Å²) in [5.74, 6) is -2.75. The van der Waals surface area contributed by atoms with Crippen molar-refractivity contribution in [1.29, 1.82) is 0 Å². The minimum atomic E-state index is -2.75. The predicted octanol–water partition coefficient (Wildman–Crippen LogP) is 1.49. The van der Waals surface area contributed by atoms with Gasteiger partial charge in [-0.15, -0.1) is 0 Å². The van der Waals surface area contributed by atoms with Gasteiger partial charge in [0.05, 0.1) is 12.6 Å². The van der Waals surface area contributed by atoms with Gasteiger partial charge in [0.15, 0.2) is 0 Å². The fraction of sp³-hybridized carbons (Fsp3) is 1.00. The largest absolute Gasteiger partial charge is 0.392 e. The molecule has 13 heavy (non-hydrogen) atoms. The number of alkyl halides is 2. The first-order valence-electron chi connectivity index (χ1n) is 4.52. The van der Waals surface area contributed by atoms with Crippen molar-refractivity contribution >= 4 is 0 Å². The Morgan fingerprint density at radius 3 is 2.31 bits per heavy atom. The van der Waals surface area contributed by atoms with E-state index in [1.807, 2.05) is 20.8 Å². The summed E-state index contributed by atoms with van der Waals surface area (Å²) in [7, 11) is 0. The molecule has 4 heteroatoms. The van der Waals surface area contributed by atoms with Crippen LogP contribution in [0.3, 0.4) is 0 Å². The Balaban J connectivity index is 2.69. The number of rotatable bonds is 0. The van der Waals surface area contributed by atoms with Crippen molar-refractivity contribution in [2.45, 2.75) is 44.8 Å². The van der Waals surface area contributed by atoms with E-state index in [-0.39, 0.29) is 12.1 Å². The lowest BCUT2D eigenvalue weighted by atomic mass is 9.97. The van der Waals surface area contributed by atoms with Gasteiger partial charge in [-0.2, -0.15) is 0 Å². The second kappa shape index (κ2) is 3.17. The van der Waals surface area contributed by atoms with Gasteiger partial charge in [0, 0.05) is 18.5 Å². The molecule has 1 unspecified atom stereocenters. The van der Waals surface area contributed by atoms with Crippen molar-refractivity contribution in [3.63, 3.8) is 0 Å². The molecule has 2 nitrogen and oxygen atoms in total. The fourth-order valence-electron chi connectivity index (χ4n) is 1.58. The molecule has 0 aromatic heterocycles. The lowest BCUT2D eigenvalue weighted by Crippen LogP contribution is -2.56. The third-order valence-electron chi connectivity index (χ3n) is 2.34. The molecule has 0 aliphatic carbocycles. The predicted molar refractivity (Wildman–Crippen MR) is 46.9 cm³/mol. The topological polar surface area (TPSA) is 23.5 Å². The Labute approximate surface area is 77.5 Å². The number of halogens is 2. The van der Waals surface area contributed by atoms with Crippen molar-refractivity contribution in [3.05, 3.63) is 0 Å². The van der Waals surface area contributed by atoms with E-state index in [4.69, 9.17) is 0 Å². The number of hydrogen-bond donors (Lipinski definition) is 1. The maximum Gasteiger partial charge on any atom is 0.263 e. The van der Waals surface area contributed by atoms with Gasteiger partial charge < -0.3 is 5.11 Å². The lowest BCUT2D eigenvalue weighted by Gasteiger charge is -2.43. The molecule has 1 N–H and O–H groups in total. The van der Waals surface area contributed by atoms with Crippen LogP contribution in [0.2, 0.25) is 0 Å². The number of likely N-dealkylation sites (tertiary alicyclic amines) is 1. The molecule has 78 valence electrons. The van der Waals surface area contributed by atoms with Crippen LogP contribution in [0, 0.1) is 0 Å². The quantitative estimate of drug-likeness (QED) is 0.630. The van der Waals surface area contributed by atoms with E-state index in [2.05, 4.69) is 0 Å². The Hall–Kier alpha value is -0.220. The minimum Gasteiger partial charge on any atom is -0.392 e. The molecule has 1 heterocycles. The molecule has 1 aliphatic heterocycles. The average Bonchev–Trinajstić information content (AvgIpc) is 1.79. The van der Waals surface area contributed by atoms with E-state index in [1.54, 1.807) is 4.90 Å². The van der Waals surface area contributed by atoms with Crippen molar-refractivity contribution < 1.29 is 13.9 Å². The fourth-order valence-corrected chi connectivity index (χ4v) is 1.58. The molecule has 0 aromatic carbocycles. The molecule has 0 bridgehead atoms. The molecule has 0 spiro atoms. The lowest BCUT2D eigenvalue weighted by molar-refractivity contribution is -0.126. The van der Waals surface area contributed by atoms with Crippen LogP contribution in [0.15, 0.2) is 0 Å². The molecular formula is C9H17F2NO. The van der Waals surface area contributed by atoms with Gasteiger partial charge in [-0.25, -0.2) is 8.78 Å². The van der Waals surface area contributed by atoms with E-state index in [0.717, 1.165) is 0 Å². The molecule has 0 saturated carbocycles. The summed E-state index contributed by atoms with van der Waals surface area (Å²) in [5.41, 5.74) is -0.301. The summed E-state index contributed by atoms with van der Waals surface area (Å²) < 4.78 is 26.1. The highest BCUT2D eigenvalue weighted by Crippen LogP contribution is 2.30. The highest BCUT2D eigenvalue weighted by atomic mass is 19.3. The van der Waals surface area contributed by atoms with Crippen molar-refractivity contribution in [2.75, 3.05) is 13.1 Å². The Morgan fingerprint density at radius 2 is 1.92 bits per heavy atom. The van der Waals surface area contributed by atoms with E-state index in [0.29, 0.717) is 6.54 Å². The second-order valence-electron chi connectivity index (χ2n) is 4.77. The van der Waals surface area contributed by atoms with Crippen LogP contribution >= 0.6 is 0 Å². The van der Waals surface area contributed by atoms with Crippen LogP contribution in [0.4, 0.5) is 8.78 Å². The molecular weight excluding hydrogens is 176 g/mol. The van der Waals surface area contributed by atoms with E-state index in [1.165, 1.54) is 0 Å². The number of piperidine rings is 1. The molecule has 1 atom stereocenters. The summed E-state index contributed by atoms with van der Waals surface area (Å²) in [4.78, 5) is 1.63. The van der Waals surface area contributed by atoms with Gasteiger partial charge in [0.25, 0.3) is 5.92 Å². The Bertz CT molecular complexity index is 189. The SMILES string of the molecule is CC(C)(C)N1CC(O)CC(F)(F)C1. The van der Waals surface area contributed by atoms with Crippen LogP contribution < -0.4 is 0 Å². The summed E-state index contributed by atoms with van der Waals surface area (Å²) >= 11 is 0. The number of nitrogens with zero attached hydrogens (tertiary/aromatic N) is 1. The Kier molecular flexibility index (Phi) is 2.65. The third-order valence-corrected chi connectivity index (χ3v) is 2.34. The first-order valence-corrected chi connectivity index (χ1v) is 4.52. The molecule has 1 aliphatic rings. The van der Waals surface area contributed by atoms with E-state index >= 15 is 0 Å². The van der Waals surface area contributed by atoms with Gasteiger partial charge in [-0.3, -0.25) is 4.90 Å². The van der Waals surface area contributed by atoms with Crippen LogP contribution in [0.5, 0.6) is 0 Å². The number of aliphatic hydroxyl groups excluding tert-OH is 1. The molecule has 1 fully saturated rings. The van der Waals surface area contributed by atoms with E-state index in [9.17, 15) is 13.9 Å². The van der Waals surface area contributed by atoms with E-state index < -0.39 is 18.4 Å². The van der Waals surface area contributed by atoms with Gasteiger partial charge in [0.2, 0.25) is 0 Å². The van der Waals surface area contributed by atoms with Crippen LogP contribution in [-0.4, -0.2) is 40.7 Å². The zero-order chi connectivity index (χ0) is 10.3. The number of aliphatic hydroxyl groups is 1. The first-order chi connectivity index (χ1) is 5.71.